The van der Waals surface area contributed by atoms with Crippen LogP contribution in [0.5, 0.6) is 11.5 Å². The highest BCUT2D eigenvalue weighted by molar-refractivity contribution is 8.00. The minimum absolute atomic E-state index is 0.0485. The third-order valence-corrected chi connectivity index (χ3v) is 5.24. The fourth-order valence-corrected chi connectivity index (χ4v) is 3.42. The summed E-state index contributed by atoms with van der Waals surface area (Å²) in [6.07, 6.45) is 0. The molecule has 1 amide bonds. The van der Waals surface area contributed by atoms with Gasteiger partial charge in [0.05, 0.1) is 5.75 Å². The molecule has 0 radical (unpaired) electrons. The maximum absolute atomic E-state index is 12.0. The summed E-state index contributed by atoms with van der Waals surface area (Å²) in [4.78, 5) is 24.8. The molecular formula is C22H25NO5S. The second-order valence-corrected chi connectivity index (χ2v) is 8.68. The fraction of sp³-hybridized carbons (Fsp3) is 0.364. The Bertz CT molecular complexity index is 874. The average molecular weight is 416 g/mol. The van der Waals surface area contributed by atoms with Crippen molar-refractivity contribution < 1.29 is 23.8 Å². The molecule has 0 saturated carbocycles. The minimum atomic E-state index is -0.455. The van der Waals surface area contributed by atoms with Gasteiger partial charge in [-0.3, -0.25) is 9.59 Å². The van der Waals surface area contributed by atoms with Crippen LogP contribution >= 0.6 is 11.8 Å². The van der Waals surface area contributed by atoms with Crippen LogP contribution in [0.3, 0.4) is 0 Å². The first-order chi connectivity index (χ1) is 13.8. The first kappa shape index (κ1) is 21.0. The van der Waals surface area contributed by atoms with E-state index >= 15 is 0 Å². The van der Waals surface area contributed by atoms with Crippen LogP contribution in [-0.2, 0) is 19.7 Å². The zero-order valence-electron chi connectivity index (χ0n) is 16.8. The van der Waals surface area contributed by atoms with E-state index in [0.717, 1.165) is 4.90 Å². The van der Waals surface area contributed by atoms with Gasteiger partial charge >= 0.3 is 5.97 Å². The molecule has 1 heterocycles. The maximum Gasteiger partial charge on any atom is 0.316 e. The van der Waals surface area contributed by atoms with Crippen molar-refractivity contribution in [2.24, 2.45) is 0 Å². The van der Waals surface area contributed by atoms with E-state index in [1.807, 2.05) is 42.5 Å². The van der Waals surface area contributed by atoms with Gasteiger partial charge in [-0.2, -0.15) is 0 Å². The largest absolute Gasteiger partial charge is 0.486 e. The molecule has 0 bridgehead atoms. The summed E-state index contributed by atoms with van der Waals surface area (Å²) < 4.78 is 16.1. The van der Waals surface area contributed by atoms with Crippen molar-refractivity contribution in [2.75, 3.05) is 30.9 Å². The molecular weight excluding hydrogens is 390 g/mol. The van der Waals surface area contributed by atoms with E-state index < -0.39 is 5.97 Å². The topological polar surface area (TPSA) is 73.9 Å². The van der Waals surface area contributed by atoms with E-state index in [1.54, 1.807) is 0 Å². The molecule has 0 unspecified atom stereocenters. The van der Waals surface area contributed by atoms with E-state index in [0.29, 0.717) is 30.4 Å². The molecule has 1 aliphatic heterocycles. The van der Waals surface area contributed by atoms with Crippen molar-refractivity contribution in [3.63, 3.8) is 0 Å². The molecule has 2 aromatic rings. The quantitative estimate of drug-likeness (QED) is 0.567. The molecule has 6 nitrogen and oxygen atoms in total. The van der Waals surface area contributed by atoms with Crippen molar-refractivity contribution in [2.45, 2.75) is 31.1 Å². The van der Waals surface area contributed by atoms with Crippen molar-refractivity contribution in [1.82, 2.24) is 0 Å². The molecule has 1 aliphatic rings. The molecule has 0 fully saturated rings. The second kappa shape index (κ2) is 9.22. The van der Waals surface area contributed by atoms with Gasteiger partial charge in [-0.25, -0.2) is 0 Å². The number of hydrogen-bond donors (Lipinski definition) is 1. The normalized spacial score (nSPS) is 12.9. The number of hydrogen-bond acceptors (Lipinski definition) is 6. The van der Waals surface area contributed by atoms with Crippen LogP contribution in [0.15, 0.2) is 47.4 Å². The summed E-state index contributed by atoms with van der Waals surface area (Å²) >= 11 is 1.32. The van der Waals surface area contributed by atoms with Crippen LogP contribution in [0.2, 0.25) is 0 Å². The van der Waals surface area contributed by atoms with E-state index in [-0.39, 0.29) is 23.7 Å². The third kappa shape index (κ3) is 6.15. The number of nitrogens with one attached hydrogen (secondary N) is 1. The van der Waals surface area contributed by atoms with Crippen molar-refractivity contribution in [1.29, 1.82) is 0 Å². The van der Waals surface area contributed by atoms with Gasteiger partial charge in [0.25, 0.3) is 5.91 Å². The molecule has 0 atom stereocenters. The van der Waals surface area contributed by atoms with Crippen LogP contribution < -0.4 is 14.8 Å². The second-order valence-electron chi connectivity index (χ2n) is 7.63. The summed E-state index contributed by atoms with van der Waals surface area (Å²) in [5.74, 6) is 0.656. The maximum atomic E-state index is 12.0. The molecule has 2 aromatic carbocycles. The lowest BCUT2D eigenvalue weighted by Crippen LogP contribution is -2.21. The summed E-state index contributed by atoms with van der Waals surface area (Å²) in [6, 6.07) is 13.2. The van der Waals surface area contributed by atoms with E-state index in [1.165, 1.54) is 17.3 Å². The number of esters is 1. The predicted octanol–water partition coefficient (Wildman–Crippen LogP) is 4.03. The first-order valence-corrected chi connectivity index (χ1v) is 10.4. The molecule has 7 heteroatoms. The Morgan fingerprint density at radius 1 is 1.03 bits per heavy atom. The average Bonchev–Trinajstić information content (AvgIpc) is 2.70. The zero-order valence-corrected chi connectivity index (χ0v) is 17.6. The Balaban J connectivity index is 1.41. The van der Waals surface area contributed by atoms with Gasteiger partial charge in [0.2, 0.25) is 0 Å². The fourth-order valence-electron chi connectivity index (χ4n) is 2.69. The highest BCUT2D eigenvalue weighted by Crippen LogP contribution is 2.34. The van der Waals surface area contributed by atoms with Gasteiger partial charge in [-0.1, -0.05) is 32.9 Å². The summed E-state index contributed by atoms with van der Waals surface area (Å²) in [7, 11) is 0. The van der Waals surface area contributed by atoms with Crippen LogP contribution in [0.25, 0.3) is 0 Å². The predicted molar refractivity (Wildman–Crippen MR) is 113 cm³/mol. The lowest BCUT2D eigenvalue weighted by Gasteiger charge is -2.19. The highest BCUT2D eigenvalue weighted by atomic mass is 32.2. The number of anilines is 1. The molecule has 0 aliphatic carbocycles. The number of rotatable bonds is 6. The Morgan fingerprint density at radius 3 is 2.41 bits per heavy atom. The van der Waals surface area contributed by atoms with Crippen LogP contribution in [-0.4, -0.2) is 37.4 Å². The van der Waals surface area contributed by atoms with Crippen LogP contribution in [0, 0.1) is 0 Å². The zero-order chi connectivity index (χ0) is 20.9. The van der Waals surface area contributed by atoms with Crippen molar-refractivity contribution >= 4 is 29.3 Å². The Labute approximate surface area is 174 Å². The van der Waals surface area contributed by atoms with Gasteiger partial charge in [0.15, 0.2) is 18.1 Å². The molecule has 0 saturated heterocycles. The Morgan fingerprint density at radius 2 is 1.72 bits per heavy atom. The number of carbonyl (C=O) groups is 2. The Kier molecular flexibility index (Phi) is 6.69. The highest BCUT2D eigenvalue weighted by Gasteiger charge is 2.15. The van der Waals surface area contributed by atoms with Crippen molar-refractivity contribution in [3.8, 4) is 11.5 Å². The number of fused-ring (bicyclic) bond motifs is 1. The van der Waals surface area contributed by atoms with E-state index in [4.69, 9.17) is 14.2 Å². The Hall–Kier alpha value is -2.67. The van der Waals surface area contributed by atoms with Crippen LogP contribution in [0.1, 0.15) is 26.3 Å². The number of thioether (sulfide) groups is 1. The summed E-state index contributed by atoms with van der Waals surface area (Å²) in [6.45, 7) is 7.11. The van der Waals surface area contributed by atoms with Gasteiger partial charge in [0, 0.05) is 10.6 Å². The first-order valence-electron chi connectivity index (χ1n) is 9.40. The van der Waals surface area contributed by atoms with Gasteiger partial charge < -0.3 is 19.5 Å². The standard InChI is InChI=1S/C22H25NO5S/c1-22(2,3)15-4-6-16(7-5-15)23-20(24)13-28-21(25)14-29-17-8-9-18-19(12-17)27-11-10-26-18/h4-9,12H,10-11,13-14H2,1-3H3,(H,23,24). The smallest absolute Gasteiger partial charge is 0.316 e. The summed E-state index contributed by atoms with van der Waals surface area (Å²) in [5, 5.41) is 2.73. The van der Waals surface area contributed by atoms with E-state index in [2.05, 4.69) is 26.1 Å². The third-order valence-electron chi connectivity index (χ3n) is 4.27. The SMILES string of the molecule is CC(C)(C)c1ccc(NC(=O)COC(=O)CSc2ccc3c(c2)OCCO3)cc1. The molecule has 0 aromatic heterocycles. The van der Waals surface area contributed by atoms with Gasteiger partial charge in [-0.05, 0) is 41.3 Å². The van der Waals surface area contributed by atoms with Gasteiger partial charge in [0.1, 0.15) is 13.2 Å². The molecule has 154 valence electrons. The summed E-state index contributed by atoms with van der Waals surface area (Å²) in [5.41, 5.74) is 1.90. The van der Waals surface area contributed by atoms with Gasteiger partial charge in [-0.15, -0.1) is 11.8 Å². The molecule has 29 heavy (non-hydrogen) atoms. The lowest BCUT2D eigenvalue weighted by atomic mass is 9.87. The minimum Gasteiger partial charge on any atom is -0.486 e. The lowest BCUT2D eigenvalue weighted by molar-refractivity contribution is -0.144. The number of amides is 1. The molecule has 0 spiro atoms. The number of carbonyl (C=O) groups excluding carboxylic acids is 2. The number of ether oxygens (including phenoxy) is 3. The van der Waals surface area contributed by atoms with E-state index in [9.17, 15) is 9.59 Å². The molecule has 1 N–H and O–H groups in total. The molecule has 3 rings (SSSR count). The number of benzene rings is 2. The van der Waals surface area contributed by atoms with Crippen molar-refractivity contribution in [3.05, 3.63) is 48.0 Å². The van der Waals surface area contributed by atoms with Crippen LogP contribution in [0.4, 0.5) is 5.69 Å². The monoisotopic (exact) mass is 415 g/mol.